The van der Waals surface area contributed by atoms with Gasteiger partial charge in [0, 0.05) is 12.2 Å². The van der Waals surface area contributed by atoms with Crippen molar-refractivity contribution in [2.45, 2.75) is 38.3 Å². The van der Waals surface area contributed by atoms with E-state index in [0.29, 0.717) is 30.3 Å². The maximum atomic E-state index is 12.2. The fourth-order valence-electron chi connectivity index (χ4n) is 3.25. The monoisotopic (exact) mass is 338 g/mol. The number of anilines is 2. The highest BCUT2D eigenvalue weighted by Gasteiger charge is 2.35. The smallest absolute Gasteiger partial charge is 0.415 e. The number of aromatic nitrogens is 2. The normalized spacial score (nSPS) is 21.1. The number of benzene rings is 1. The third-order valence-corrected chi connectivity index (χ3v) is 4.85. The average Bonchev–Trinajstić information content (AvgIpc) is 3.41. The molecule has 0 spiro atoms. The molecule has 25 heavy (non-hydrogen) atoms. The van der Waals surface area contributed by atoms with Crippen molar-refractivity contribution < 1.29 is 9.53 Å². The van der Waals surface area contributed by atoms with Gasteiger partial charge in [-0.25, -0.2) is 9.78 Å². The second kappa shape index (κ2) is 6.70. The van der Waals surface area contributed by atoms with E-state index in [0.717, 1.165) is 6.42 Å². The summed E-state index contributed by atoms with van der Waals surface area (Å²) in [5.41, 5.74) is 1.17. The summed E-state index contributed by atoms with van der Waals surface area (Å²) in [7, 11) is 0. The molecule has 2 fully saturated rings. The molecule has 0 radical (unpaired) electrons. The van der Waals surface area contributed by atoms with E-state index in [1.807, 2.05) is 18.2 Å². The van der Waals surface area contributed by atoms with Crippen LogP contribution in [0.4, 0.5) is 16.6 Å². The van der Waals surface area contributed by atoms with E-state index >= 15 is 0 Å². The number of hydrogen-bond donors (Lipinski definition) is 1. The molecule has 6 nitrogen and oxygen atoms in total. The van der Waals surface area contributed by atoms with Crippen molar-refractivity contribution in [2.75, 3.05) is 16.8 Å². The second-order valence-corrected chi connectivity index (χ2v) is 6.80. The van der Waals surface area contributed by atoms with Crippen molar-refractivity contribution in [3.8, 4) is 0 Å². The number of cyclic esters (lactones) is 1. The van der Waals surface area contributed by atoms with Gasteiger partial charge in [0.1, 0.15) is 12.4 Å². The van der Waals surface area contributed by atoms with Gasteiger partial charge in [-0.3, -0.25) is 4.90 Å². The molecule has 1 aromatic carbocycles. The summed E-state index contributed by atoms with van der Waals surface area (Å²) in [4.78, 5) is 22.7. The van der Waals surface area contributed by atoms with Crippen molar-refractivity contribution in [1.29, 1.82) is 0 Å². The molecule has 2 aliphatic rings. The first kappa shape index (κ1) is 15.9. The van der Waals surface area contributed by atoms with E-state index in [9.17, 15) is 4.79 Å². The maximum Gasteiger partial charge on any atom is 0.415 e. The minimum absolute atomic E-state index is 0.0569. The summed E-state index contributed by atoms with van der Waals surface area (Å²) in [6.07, 6.45) is 4.59. The van der Waals surface area contributed by atoms with E-state index in [1.54, 1.807) is 17.2 Å². The molecule has 1 aliphatic carbocycles. The number of rotatable bonds is 6. The lowest BCUT2D eigenvalue weighted by molar-refractivity contribution is 0.178. The summed E-state index contributed by atoms with van der Waals surface area (Å²) >= 11 is 0. The number of carbonyl (C=O) groups excluding carboxylic acids is 1. The Morgan fingerprint density at radius 1 is 1.28 bits per heavy atom. The molecule has 2 unspecified atom stereocenters. The zero-order valence-corrected chi connectivity index (χ0v) is 14.3. The van der Waals surface area contributed by atoms with Gasteiger partial charge in [0.2, 0.25) is 5.95 Å². The lowest BCUT2D eigenvalue weighted by Gasteiger charge is -2.21. The summed E-state index contributed by atoms with van der Waals surface area (Å²) < 4.78 is 5.28. The van der Waals surface area contributed by atoms with Crippen molar-refractivity contribution in [3.63, 3.8) is 0 Å². The van der Waals surface area contributed by atoms with Gasteiger partial charge in [-0.1, -0.05) is 30.3 Å². The first-order valence-electron chi connectivity index (χ1n) is 8.80. The number of ether oxygens (including phenoxy) is 1. The van der Waals surface area contributed by atoms with E-state index in [2.05, 4.69) is 34.3 Å². The van der Waals surface area contributed by atoms with Gasteiger partial charge in [-0.15, -0.1) is 0 Å². The molecule has 1 aromatic heterocycles. The van der Waals surface area contributed by atoms with Crippen LogP contribution >= 0.6 is 0 Å². The van der Waals surface area contributed by atoms with Crippen LogP contribution in [0.2, 0.25) is 0 Å². The molecule has 2 atom stereocenters. The fraction of sp³-hybridized carbons (Fsp3) is 0.421. The first-order chi connectivity index (χ1) is 12.2. The molecule has 4 rings (SSSR count). The minimum atomic E-state index is -0.346. The van der Waals surface area contributed by atoms with Crippen molar-refractivity contribution in [2.24, 2.45) is 5.92 Å². The molecule has 1 amide bonds. The molecular weight excluding hydrogens is 316 g/mol. The van der Waals surface area contributed by atoms with Gasteiger partial charge >= 0.3 is 6.09 Å². The Labute approximate surface area is 147 Å². The van der Waals surface area contributed by atoms with Crippen LogP contribution in [-0.2, 0) is 11.2 Å². The van der Waals surface area contributed by atoms with Crippen LogP contribution in [0.3, 0.4) is 0 Å². The molecule has 1 aliphatic heterocycles. The number of nitrogens with zero attached hydrogens (tertiary/aromatic N) is 3. The van der Waals surface area contributed by atoms with Crippen LogP contribution in [0.1, 0.15) is 25.3 Å². The Balaban J connectivity index is 1.52. The summed E-state index contributed by atoms with van der Waals surface area (Å²) in [5, 5.41) is 3.35. The third-order valence-electron chi connectivity index (χ3n) is 4.85. The number of amides is 1. The SMILES string of the molecule is CC(Nc1nccc(N2C(=O)OCC2Cc2ccccc2)n1)C1CC1. The van der Waals surface area contributed by atoms with Gasteiger partial charge in [0.05, 0.1) is 6.04 Å². The van der Waals surface area contributed by atoms with Crippen molar-refractivity contribution in [3.05, 3.63) is 48.2 Å². The van der Waals surface area contributed by atoms with Crippen LogP contribution in [0, 0.1) is 5.92 Å². The topological polar surface area (TPSA) is 67.4 Å². The molecule has 1 saturated carbocycles. The molecule has 2 heterocycles. The Morgan fingerprint density at radius 3 is 2.84 bits per heavy atom. The van der Waals surface area contributed by atoms with Gasteiger partial charge in [-0.2, -0.15) is 4.98 Å². The molecular formula is C19H22N4O2. The molecule has 0 bridgehead atoms. The highest BCUT2D eigenvalue weighted by Crippen LogP contribution is 2.33. The number of nitrogens with one attached hydrogen (secondary N) is 1. The van der Waals surface area contributed by atoms with Gasteiger partial charge in [-0.05, 0) is 43.7 Å². The van der Waals surface area contributed by atoms with E-state index in [4.69, 9.17) is 4.74 Å². The van der Waals surface area contributed by atoms with Gasteiger partial charge in [0.15, 0.2) is 0 Å². The van der Waals surface area contributed by atoms with Crippen LogP contribution in [-0.4, -0.2) is 34.8 Å². The van der Waals surface area contributed by atoms with E-state index < -0.39 is 0 Å². The predicted molar refractivity (Wildman–Crippen MR) is 95.6 cm³/mol. The lowest BCUT2D eigenvalue weighted by Crippen LogP contribution is -2.36. The number of hydrogen-bond acceptors (Lipinski definition) is 5. The maximum absolute atomic E-state index is 12.2. The zero-order chi connectivity index (χ0) is 17.2. The Kier molecular flexibility index (Phi) is 4.26. The largest absolute Gasteiger partial charge is 0.447 e. The Morgan fingerprint density at radius 2 is 2.08 bits per heavy atom. The summed E-state index contributed by atoms with van der Waals surface area (Å²) in [6, 6.07) is 12.2. The summed E-state index contributed by atoms with van der Waals surface area (Å²) in [5.74, 6) is 1.86. The lowest BCUT2D eigenvalue weighted by atomic mass is 10.1. The quantitative estimate of drug-likeness (QED) is 0.876. The first-order valence-corrected chi connectivity index (χ1v) is 8.80. The van der Waals surface area contributed by atoms with Crippen LogP contribution < -0.4 is 10.2 Å². The Bertz CT molecular complexity index is 748. The molecule has 1 saturated heterocycles. The van der Waals surface area contributed by atoms with E-state index in [1.165, 1.54) is 18.4 Å². The van der Waals surface area contributed by atoms with Crippen molar-refractivity contribution >= 4 is 17.9 Å². The highest BCUT2D eigenvalue weighted by molar-refractivity contribution is 5.89. The molecule has 1 N–H and O–H groups in total. The Hall–Kier alpha value is -2.63. The van der Waals surface area contributed by atoms with E-state index in [-0.39, 0.29) is 12.1 Å². The average molecular weight is 338 g/mol. The molecule has 2 aromatic rings. The minimum Gasteiger partial charge on any atom is -0.447 e. The third kappa shape index (κ3) is 3.57. The van der Waals surface area contributed by atoms with Crippen LogP contribution in [0.5, 0.6) is 0 Å². The predicted octanol–water partition coefficient (Wildman–Crippen LogP) is 3.25. The van der Waals surface area contributed by atoms with Crippen LogP contribution in [0.15, 0.2) is 42.6 Å². The van der Waals surface area contributed by atoms with Gasteiger partial charge < -0.3 is 10.1 Å². The zero-order valence-electron chi connectivity index (χ0n) is 14.3. The standard InChI is InChI=1S/C19H22N4O2/c1-13(15-7-8-15)21-18-20-10-9-17(22-18)23-16(12-25-19(23)24)11-14-5-3-2-4-6-14/h2-6,9-10,13,15-16H,7-8,11-12H2,1H3,(H,20,21,22). The fourth-order valence-corrected chi connectivity index (χ4v) is 3.25. The number of carbonyl (C=O) groups is 1. The van der Waals surface area contributed by atoms with Gasteiger partial charge in [0.25, 0.3) is 0 Å². The summed E-state index contributed by atoms with van der Waals surface area (Å²) in [6.45, 7) is 2.52. The molecule has 6 heteroatoms. The van der Waals surface area contributed by atoms with Crippen LogP contribution in [0.25, 0.3) is 0 Å². The second-order valence-electron chi connectivity index (χ2n) is 6.80. The molecule has 130 valence electrons. The highest BCUT2D eigenvalue weighted by atomic mass is 16.6. The van der Waals surface area contributed by atoms with Crippen molar-refractivity contribution in [1.82, 2.24) is 9.97 Å².